The quantitative estimate of drug-likeness (QED) is 0.550. The molecule has 0 heterocycles. The molecule has 0 nitrogen and oxygen atoms in total. The average Bonchev–Trinajstić information content (AvgIpc) is 1.86. The van der Waals surface area contributed by atoms with E-state index in [-0.39, 0.29) is 12.1 Å². The molecule has 0 aromatic carbocycles. The van der Waals surface area contributed by atoms with Crippen molar-refractivity contribution in [1.82, 2.24) is 0 Å². The lowest BCUT2D eigenvalue weighted by molar-refractivity contribution is 0.285. The smallest absolute Gasteiger partial charge is 0.0942 e. The Morgan fingerprint density at radius 2 is 1.08 bits per heavy atom. The molecule has 2 heteroatoms. The van der Waals surface area contributed by atoms with Gasteiger partial charge in [-0.25, -0.2) is 0 Å². The highest BCUT2D eigenvalue weighted by molar-refractivity contribution is 9.09. The topological polar surface area (TPSA) is 0 Å². The summed E-state index contributed by atoms with van der Waals surface area (Å²) in [6, 6.07) is 0. The van der Waals surface area contributed by atoms with Crippen molar-refractivity contribution >= 4 is 15.9 Å². The van der Waals surface area contributed by atoms with Crippen molar-refractivity contribution in [3.05, 3.63) is 0 Å². The Hall–Kier alpha value is 0.410. The van der Waals surface area contributed by atoms with Crippen molar-refractivity contribution in [3.8, 4) is 0 Å². The highest BCUT2D eigenvalue weighted by Crippen LogP contribution is 2.14. The van der Waals surface area contributed by atoms with Gasteiger partial charge < -0.3 is 0 Å². The van der Waals surface area contributed by atoms with Gasteiger partial charge in [0, 0.05) is 5.33 Å². The molecule has 12 heavy (non-hydrogen) atoms. The van der Waals surface area contributed by atoms with Gasteiger partial charge in [0.1, 0.15) is 0 Å². The minimum Gasteiger partial charge on any atom is -0.251 e. The van der Waals surface area contributed by atoms with Crippen molar-refractivity contribution in [2.24, 2.45) is 10.8 Å². The molecule has 0 atom stereocenters. The van der Waals surface area contributed by atoms with Crippen LogP contribution in [-0.4, -0.2) is 12.0 Å². The zero-order valence-electron chi connectivity index (χ0n) is 9.17. The molecule has 0 aliphatic carbocycles. The van der Waals surface area contributed by atoms with Gasteiger partial charge in [-0.2, -0.15) is 0 Å². The zero-order chi connectivity index (χ0) is 10.4. The second-order valence-corrected chi connectivity index (χ2v) is 5.95. The normalized spacial score (nSPS) is 12.0. The first-order valence-electron chi connectivity index (χ1n) is 4.24. The SMILES string of the molecule is CC(C)(C)CBr.CC(C)(C)CF. The molecule has 0 aliphatic rings. The highest BCUT2D eigenvalue weighted by Gasteiger charge is 2.06. The maximum absolute atomic E-state index is 11.5. The number of halogens is 2. The third-order valence-corrected chi connectivity index (χ3v) is 2.48. The van der Waals surface area contributed by atoms with Crippen LogP contribution in [0.25, 0.3) is 0 Å². The maximum Gasteiger partial charge on any atom is 0.0942 e. The summed E-state index contributed by atoms with van der Waals surface area (Å²) in [5.74, 6) is 0. The van der Waals surface area contributed by atoms with Crippen LogP contribution in [0.4, 0.5) is 4.39 Å². The summed E-state index contributed by atoms with van der Waals surface area (Å²) in [5.41, 5.74) is 0.333. The predicted molar refractivity (Wildman–Crippen MR) is 58.7 cm³/mol. The fourth-order valence-electron chi connectivity index (χ4n) is 0. The van der Waals surface area contributed by atoms with Crippen LogP contribution in [0.2, 0.25) is 0 Å². The van der Waals surface area contributed by atoms with Crippen molar-refractivity contribution < 1.29 is 4.39 Å². The Labute approximate surface area is 85.1 Å². The zero-order valence-corrected chi connectivity index (χ0v) is 10.8. The standard InChI is InChI=1S/C5H11Br.C5H11F/c2*1-5(2,3)4-6/h2*4H2,1-3H3. The molecular weight excluding hydrogens is 219 g/mol. The molecule has 0 aliphatic heterocycles. The van der Waals surface area contributed by atoms with Crippen molar-refractivity contribution in [1.29, 1.82) is 0 Å². The van der Waals surface area contributed by atoms with E-state index < -0.39 is 0 Å². The fourth-order valence-corrected chi connectivity index (χ4v) is 0. The monoisotopic (exact) mass is 240 g/mol. The predicted octanol–water partition coefficient (Wildman–Crippen LogP) is 4.43. The first-order valence-corrected chi connectivity index (χ1v) is 5.36. The van der Waals surface area contributed by atoms with Crippen molar-refractivity contribution in [2.75, 3.05) is 12.0 Å². The second kappa shape index (κ2) is 5.95. The van der Waals surface area contributed by atoms with Gasteiger partial charge in [-0.1, -0.05) is 57.5 Å². The van der Waals surface area contributed by atoms with Crippen LogP contribution in [-0.2, 0) is 0 Å². The number of hydrogen-bond donors (Lipinski definition) is 0. The molecular formula is C10H22BrF. The highest BCUT2D eigenvalue weighted by atomic mass is 79.9. The Morgan fingerprint density at radius 1 is 0.917 bits per heavy atom. The first kappa shape index (κ1) is 14.9. The molecule has 76 valence electrons. The van der Waals surface area contributed by atoms with Crippen LogP contribution in [0.1, 0.15) is 41.5 Å². The summed E-state index contributed by atoms with van der Waals surface area (Å²) in [6.07, 6.45) is 0. The van der Waals surface area contributed by atoms with Gasteiger partial charge in [-0.05, 0) is 10.8 Å². The van der Waals surface area contributed by atoms with E-state index in [9.17, 15) is 4.39 Å². The Morgan fingerprint density at radius 3 is 1.08 bits per heavy atom. The minimum absolute atomic E-state index is 0.125. The summed E-state index contributed by atoms with van der Waals surface area (Å²) < 4.78 is 11.5. The molecule has 0 aromatic heterocycles. The molecule has 0 bridgehead atoms. The minimum atomic E-state index is -0.229. The third kappa shape index (κ3) is 22.4. The maximum atomic E-state index is 11.5. The van der Waals surface area contributed by atoms with E-state index in [0.717, 1.165) is 5.33 Å². The summed E-state index contributed by atoms with van der Waals surface area (Å²) in [5, 5.41) is 1.08. The summed E-state index contributed by atoms with van der Waals surface area (Å²) >= 11 is 3.37. The lowest BCUT2D eigenvalue weighted by Crippen LogP contribution is -2.05. The first-order chi connectivity index (χ1) is 5.12. The van der Waals surface area contributed by atoms with Crippen LogP contribution < -0.4 is 0 Å². The lowest BCUT2D eigenvalue weighted by Gasteiger charge is -2.11. The van der Waals surface area contributed by atoms with Crippen LogP contribution in [0.3, 0.4) is 0 Å². The molecule has 0 aromatic rings. The number of hydrogen-bond acceptors (Lipinski definition) is 0. The second-order valence-electron chi connectivity index (χ2n) is 5.39. The van der Waals surface area contributed by atoms with Crippen LogP contribution in [0.5, 0.6) is 0 Å². The molecule has 0 rings (SSSR count). The van der Waals surface area contributed by atoms with Gasteiger partial charge in [-0.15, -0.1) is 0 Å². The molecule has 0 saturated carbocycles. The molecule has 0 unspecified atom stereocenters. The van der Waals surface area contributed by atoms with Crippen molar-refractivity contribution in [2.45, 2.75) is 41.5 Å². The fraction of sp³-hybridized carbons (Fsp3) is 1.00. The van der Waals surface area contributed by atoms with E-state index in [1.165, 1.54) is 0 Å². The van der Waals surface area contributed by atoms with Gasteiger partial charge in [-0.3, -0.25) is 4.39 Å². The van der Waals surface area contributed by atoms with E-state index in [4.69, 9.17) is 0 Å². The Kier molecular flexibility index (Phi) is 7.40. The Balaban J connectivity index is 0. The number of rotatable bonds is 0. The summed E-state index contributed by atoms with van der Waals surface area (Å²) in [6.45, 7) is 12.0. The van der Waals surface area contributed by atoms with E-state index >= 15 is 0 Å². The Bertz CT molecular complexity index is 83.4. The van der Waals surface area contributed by atoms with E-state index in [1.807, 2.05) is 20.8 Å². The third-order valence-electron chi connectivity index (χ3n) is 0.802. The van der Waals surface area contributed by atoms with Gasteiger partial charge in [0.25, 0.3) is 0 Å². The lowest BCUT2D eigenvalue weighted by atomic mass is 10.00. The van der Waals surface area contributed by atoms with E-state index in [1.54, 1.807) is 0 Å². The molecule has 0 spiro atoms. The van der Waals surface area contributed by atoms with E-state index in [2.05, 4.69) is 36.7 Å². The summed E-state index contributed by atoms with van der Waals surface area (Å²) in [4.78, 5) is 0. The molecule has 0 radical (unpaired) electrons. The average molecular weight is 241 g/mol. The molecule has 0 N–H and O–H groups in total. The van der Waals surface area contributed by atoms with Gasteiger partial charge in [0.2, 0.25) is 0 Å². The molecule has 0 saturated heterocycles. The van der Waals surface area contributed by atoms with Gasteiger partial charge >= 0.3 is 0 Å². The largest absolute Gasteiger partial charge is 0.251 e. The summed E-state index contributed by atoms with van der Waals surface area (Å²) in [7, 11) is 0. The van der Waals surface area contributed by atoms with Gasteiger partial charge in [0.05, 0.1) is 6.67 Å². The molecule has 0 fully saturated rings. The van der Waals surface area contributed by atoms with Crippen LogP contribution in [0.15, 0.2) is 0 Å². The van der Waals surface area contributed by atoms with Crippen molar-refractivity contribution in [3.63, 3.8) is 0 Å². The van der Waals surface area contributed by atoms with Gasteiger partial charge in [0.15, 0.2) is 0 Å². The number of alkyl halides is 2. The van der Waals surface area contributed by atoms with Crippen LogP contribution >= 0.6 is 15.9 Å². The van der Waals surface area contributed by atoms with Crippen LogP contribution in [0, 0.1) is 10.8 Å². The van der Waals surface area contributed by atoms with E-state index in [0.29, 0.717) is 5.41 Å². The molecule has 0 amide bonds.